The van der Waals surface area contributed by atoms with Crippen LogP contribution in [0.4, 0.5) is 0 Å². The summed E-state index contributed by atoms with van der Waals surface area (Å²) in [5.41, 5.74) is 0.968. The minimum absolute atomic E-state index is 0.0570. The SMILES string of the molecule is CC(=O)C1=C(O)C(C)(Cc2ccccc2)SC1=O. The Morgan fingerprint density at radius 2 is 1.94 bits per heavy atom. The molecule has 1 aliphatic rings. The van der Waals surface area contributed by atoms with Crippen LogP contribution in [0.5, 0.6) is 0 Å². The molecular formula is C14H14O3S. The molecule has 0 saturated heterocycles. The molecule has 18 heavy (non-hydrogen) atoms. The van der Waals surface area contributed by atoms with Gasteiger partial charge in [-0.1, -0.05) is 42.1 Å². The molecule has 4 heteroatoms. The monoisotopic (exact) mass is 262 g/mol. The van der Waals surface area contributed by atoms with Gasteiger partial charge in [0, 0.05) is 0 Å². The Hall–Kier alpha value is -1.55. The molecule has 0 aromatic heterocycles. The Morgan fingerprint density at radius 3 is 2.44 bits per heavy atom. The maximum absolute atomic E-state index is 11.8. The fraction of sp³-hybridized carbons (Fsp3) is 0.286. The van der Waals surface area contributed by atoms with E-state index in [1.807, 2.05) is 30.3 Å². The lowest BCUT2D eigenvalue weighted by molar-refractivity contribution is -0.116. The van der Waals surface area contributed by atoms with Gasteiger partial charge in [-0.15, -0.1) is 0 Å². The molecular weight excluding hydrogens is 248 g/mol. The molecule has 0 spiro atoms. The van der Waals surface area contributed by atoms with Gasteiger partial charge in [0.1, 0.15) is 11.3 Å². The van der Waals surface area contributed by atoms with Gasteiger partial charge >= 0.3 is 0 Å². The van der Waals surface area contributed by atoms with Crippen molar-refractivity contribution in [2.45, 2.75) is 25.0 Å². The number of rotatable bonds is 3. The molecule has 3 nitrogen and oxygen atoms in total. The third-order valence-corrected chi connectivity index (χ3v) is 4.17. The second kappa shape index (κ2) is 4.61. The average Bonchev–Trinajstić information content (AvgIpc) is 2.50. The van der Waals surface area contributed by atoms with Gasteiger partial charge in [-0.2, -0.15) is 0 Å². The van der Waals surface area contributed by atoms with Crippen LogP contribution in [0.15, 0.2) is 41.7 Å². The lowest BCUT2D eigenvalue weighted by Gasteiger charge is -2.22. The van der Waals surface area contributed by atoms with Crippen LogP contribution in [0.25, 0.3) is 0 Å². The first-order valence-corrected chi connectivity index (χ1v) is 6.47. The lowest BCUT2D eigenvalue weighted by Crippen LogP contribution is -2.24. The predicted molar refractivity (Wildman–Crippen MR) is 71.5 cm³/mol. The van der Waals surface area contributed by atoms with E-state index in [1.165, 1.54) is 6.92 Å². The molecule has 1 unspecified atom stereocenters. The third-order valence-electron chi connectivity index (χ3n) is 3.00. The zero-order chi connectivity index (χ0) is 13.3. The van der Waals surface area contributed by atoms with E-state index < -0.39 is 4.75 Å². The van der Waals surface area contributed by atoms with Crippen molar-refractivity contribution < 1.29 is 14.7 Å². The molecule has 0 saturated carbocycles. The summed E-state index contributed by atoms with van der Waals surface area (Å²) in [6.45, 7) is 3.09. The van der Waals surface area contributed by atoms with Gasteiger partial charge in [0.15, 0.2) is 5.78 Å². The molecule has 1 aromatic rings. The van der Waals surface area contributed by atoms with Crippen LogP contribution in [0.3, 0.4) is 0 Å². The molecule has 1 atom stereocenters. The summed E-state index contributed by atoms with van der Waals surface area (Å²) in [4.78, 5) is 23.1. The van der Waals surface area contributed by atoms with Crippen molar-refractivity contribution in [3.05, 3.63) is 47.2 Å². The molecule has 0 fully saturated rings. The fourth-order valence-corrected chi connectivity index (χ4v) is 3.27. The molecule has 1 heterocycles. The number of carbonyl (C=O) groups excluding carboxylic acids is 2. The van der Waals surface area contributed by atoms with Gasteiger partial charge in [-0.3, -0.25) is 9.59 Å². The number of hydrogen-bond acceptors (Lipinski definition) is 4. The zero-order valence-electron chi connectivity index (χ0n) is 10.3. The summed E-state index contributed by atoms with van der Waals surface area (Å²) < 4.78 is -0.737. The molecule has 1 N–H and O–H groups in total. The van der Waals surface area contributed by atoms with Gasteiger partial charge < -0.3 is 5.11 Å². The topological polar surface area (TPSA) is 54.4 Å². The van der Waals surface area contributed by atoms with Gasteiger partial charge in [0.05, 0.1) is 4.75 Å². The molecule has 2 rings (SSSR count). The summed E-state index contributed by atoms with van der Waals surface area (Å²) in [5, 5.41) is 9.79. The third kappa shape index (κ3) is 2.20. The highest BCUT2D eigenvalue weighted by Gasteiger charge is 2.44. The number of carbonyl (C=O) groups is 2. The van der Waals surface area contributed by atoms with Crippen LogP contribution in [-0.2, 0) is 16.0 Å². The minimum Gasteiger partial charge on any atom is -0.510 e. The van der Waals surface area contributed by atoms with Crippen LogP contribution < -0.4 is 0 Å². The summed E-state index contributed by atoms with van der Waals surface area (Å²) in [6, 6.07) is 9.61. The van der Waals surface area contributed by atoms with E-state index in [1.54, 1.807) is 6.92 Å². The van der Waals surface area contributed by atoms with Crippen LogP contribution >= 0.6 is 11.8 Å². The maximum atomic E-state index is 11.8. The van der Waals surface area contributed by atoms with Crippen molar-refractivity contribution in [3.63, 3.8) is 0 Å². The van der Waals surface area contributed by atoms with Crippen molar-refractivity contribution in [2.75, 3.05) is 0 Å². The van der Waals surface area contributed by atoms with Gasteiger partial charge in [0.25, 0.3) is 0 Å². The number of benzene rings is 1. The average molecular weight is 262 g/mol. The van der Waals surface area contributed by atoms with Gasteiger partial charge in [-0.25, -0.2) is 0 Å². The lowest BCUT2D eigenvalue weighted by atomic mass is 9.95. The Labute approximate surface area is 110 Å². The van der Waals surface area contributed by atoms with Crippen LogP contribution in [0, 0.1) is 0 Å². The Morgan fingerprint density at radius 1 is 1.33 bits per heavy atom. The largest absolute Gasteiger partial charge is 0.510 e. The predicted octanol–water partition coefficient (Wildman–Crippen LogP) is 2.66. The first-order valence-electron chi connectivity index (χ1n) is 5.66. The number of aliphatic hydroxyl groups is 1. The smallest absolute Gasteiger partial charge is 0.227 e. The zero-order valence-corrected chi connectivity index (χ0v) is 11.1. The number of hydrogen-bond donors (Lipinski definition) is 1. The van der Waals surface area contributed by atoms with Gasteiger partial charge in [0.2, 0.25) is 5.12 Å². The number of aliphatic hydroxyl groups excluding tert-OH is 1. The van der Waals surface area contributed by atoms with Crippen LogP contribution in [0.1, 0.15) is 19.4 Å². The first-order chi connectivity index (χ1) is 8.44. The van der Waals surface area contributed by atoms with E-state index in [2.05, 4.69) is 0 Å². The highest BCUT2D eigenvalue weighted by molar-refractivity contribution is 8.16. The maximum Gasteiger partial charge on any atom is 0.227 e. The summed E-state index contributed by atoms with van der Waals surface area (Å²) >= 11 is 1.02. The van der Waals surface area contributed by atoms with Crippen molar-refractivity contribution in [1.82, 2.24) is 0 Å². The molecule has 0 bridgehead atoms. The van der Waals surface area contributed by atoms with E-state index in [4.69, 9.17) is 0 Å². The van der Waals surface area contributed by atoms with E-state index in [-0.39, 0.29) is 22.2 Å². The van der Waals surface area contributed by atoms with E-state index in [9.17, 15) is 14.7 Å². The van der Waals surface area contributed by atoms with Crippen LogP contribution in [0.2, 0.25) is 0 Å². The van der Waals surface area contributed by atoms with Gasteiger partial charge in [-0.05, 0) is 25.8 Å². The molecule has 94 valence electrons. The highest BCUT2D eigenvalue weighted by Crippen LogP contribution is 2.44. The standard InChI is InChI=1S/C14H14O3S/c1-9(15)11-12(16)14(2,18-13(11)17)8-10-6-4-3-5-7-10/h3-7,16H,8H2,1-2H3. The number of Topliss-reactive ketones (excluding diaryl/α,β-unsaturated/α-hetero) is 1. The van der Waals surface area contributed by atoms with Crippen LogP contribution in [-0.4, -0.2) is 20.8 Å². The Kier molecular flexibility index (Phi) is 3.30. The Balaban J connectivity index is 2.34. The minimum atomic E-state index is -0.737. The second-order valence-corrected chi connectivity index (χ2v) is 6.04. The van der Waals surface area contributed by atoms with E-state index in [0.29, 0.717) is 6.42 Å². The summed E-state index contributed by atoms with van der Waals surface area (Å²) in [5.74, 6) is -0.462. The highest BCUT2D eigenvalue weighted by atomic mass is 32.2. The quantitative estimate of drug-likeness (QED) is 0.851. The molecule has 1 aliphatic heterocycles. The summed E-state index contributed by atoms with van der Waals surface area (Å²) in [7, 11) is 0. The van der Waals surface area contributed by atoms with E-state index in [0.717, 1.165) is 17.3 Å². The number of ketones is 1. The first kappa shape index (κ1) is 12.9. The molecule has 0 amide bonds. The molecule has 0 aliphatic carbocycles. The summed E-state index contributed by atoms with van der Waals surface area (Å²) in [6.07, 6.45) is 0.521. The van der Waals surface area contributed by atoms with E-state index >= 15 is 0 Å². The number of thioether (sulfide) groups is 1. The van der Waals surface area contributed by atoms with Crippen molar-refractivity contribution in [3.8, 4) is 0 Å². The second-order valence-electron chi connectivity index (χ2n) is 4.56. The van der Waals surface area contributed by atoms with Crippen molar-refractivity contribution >= 4 is 22.7 Å². The molecule has 1 aromatic carbocycles. The fourth-order valence-electron chi connectivity index (χ4n) is 2.08. The normalized spacial score (nSPS) is 23.6. The van der Waals surface area contributed by atoms with Crippen molar-refractivity contribution in [2.24, 2.45) is 0 Å². The van der Waals surface area contributed by atoms with Crippen molar-refractivity contribution in [1.29, 1.82) is 0 Å². The Bertz CT molecular complexity index is 533. The molecule has 0 radical (unpaired) electrons.